The lowest BCUT2D eigenvalue weighted by atomic mass is 9.73. The van der Waals surface area contributed by atoms with Gasteiger partial charge in [-0.2, -0.15) is 0 Å². The van der Waals surface area contributed by atoms with Crippen LogP contribution in [0.1, 0.15) is 27.2 Å². The number of hydrogen-bond acceptors (Lipinski definition) is 4. The van der Waals surface area contributed by atoms with E-state index < -0.39 is 5.60 Å². The van der Waals surface area contributed by atoms with Gasteiger partial charge >= 0.3 is 0 Å². The van der Waals surface area contributed by atoms with Gasteiger partial charge in [0.25, 0.3) is 5.69 Å². The number of hydrogen-bond donors (Lipinski definition) is 1. The van der Waals surface area contributed by atoms with Crippen molar-refractivity contribution in [1.29, 1.82) is 0 Å². The molecule has 0 saturated heterocycles. The first-order valence-electron chi connectivity index (χ1n) is 8.00. The van der Waals surface area contributed by atoms with Crippen LogP contribution in [0.5, 0.6) is 5.75 Å². The lowest BCUT2D eigenvalue weighted by Gasteiger charge is -2.30. The summed E-state index contributed by atoms with van der Waals surface area (Å²) in [5, 5.41) is 11.6. The summed E-state index contributed by atoms with van der Waals surface area (Å²) < 4.78 is 12.8. The predicted octanol–water partition coefficient (Wildman–Crippen LogP) is 2.52. The smallest absolute Gasteiger partial charge is 0.273 e. The molecular weight excluding hydrogens is 318 g/mol. The molecule has 0 radical (unpaired) electrons. The number of methoxy groups -OCH3 is 1. The molecule has 126 valence electrons. The molecule has 25 heavy (non-hydrogen) atoms. The van der Waals surface area contributed by atoms with Crippen LogP contribution in [0, 0.1) is 6.92 Å². The standard InChI is InChI=1S/C20H18NO4/c1-12-17-18(21(2)25-12)16-14(10-7-11-15(16)24-3)19(22)20(17,23)13-8-5-4-6-9-13/h4-11,23H,1-3H3/q+1. The molecule has 5 heteroatoms. The van der Waals surface area contributed by atoms with E-state index in [2.05, 4.69) is 0 Å². The van der Waals surface area contributed by atoms with E-state index in [1.54, 1.807) is 68.3 Å². The fourth-order valence-corrected chi connectivity index (χ4v) is 3.73. The fourth-order valence-electron chi connectivity index (χ4n) is 3.73. The van der Waals surface area contributed by atoms with Crippen molar-refractivity contribution >= 4 is 5.78 Å². The maximum Gasteiger partial charge on any atom is 0.273 e. The summed E-state index contributed by atoms with van der Waals surface area (Å²) in [6.07, 6.45) is 0. The number of ether oxygens (including phenoxy) is 1. The van der Waals surface area contributed by atoms with Crippen LogP contribution in [-0.4, -0.2) is 18.0 Å². The number of Topliss-reactive ketones (excluding diaryl/α,β-unsaturated/α-hetero) is 1. The summed E-state index contributed by atoms with van der Waals surface area (Å²) in [5.41, 5.74) is 0.878. The monoisotopic (exact) mass is 336 g/mol. The summed E-state index contributed by atoms with van der Waals surface area (Å²) in [5.74, 6) is 0.678. The number of aryl methyl sites for hydroxylation is 2. The zero-order valence-corrected chi connectivity index (χ0v) is 14.2. The van der Waals surface area contributed by atoms with E-state index in [0.717, 1.165) is 0 Å². The Bertz CT molecular complexity index is 990. The summed E-state index contributed by atoms with van der Waals surface area (Å²) in [6.45, 7) is 1.75. The molecule has 1 aliphatic carbocycles. The van der Waals surface area contributed by atoms with Crippen LogP contribution >= 0.6 is 0 Å². The number of nitrogens with zero attached hydrogens (tertiary/aromatic N) is 1. The Morgan fingerprint density at radius 1 is 1.12 bits per heavy atom. The first kappa shape index (κ1) is 15.6. The van der Waals surface area contributed by atoms with Crippen LogP contribution in [-0.2, 0) is 12.6 Å². The van der Waals surface area contributed by atoms with E-state index >= 15 is 0 Å². The summed E-state index contributed by atoms with van der Waals surface area (Å²) >= 11 is 0. The Hall–Kier alpha value is -2.92. The number of ketones is 1. The van der Waals surface area contributed by atoms with Gasteiger partial charge in [0.15, 0.2) is 18.4 Å². The Labute approximate surface area is 145 Å². The Morgan fingerprint density at radius 3 is 2.52 bits per heavy atom. The van der Waals surface area contributed by atoms with E-state index in [4.69, 9.17) is 9.26 Å². The summed E-state index contributed by atoms with van der Waals surface area (Å²) in [4.78, 5) is 13.4. The van der Waals surface area contributed by atoms with Gasteiger partial charge in [-0.25, -0.2) is 4.52 Å². The highest BCUT2D eigenvalue weighted by Crippen LogP contribution is 2.48. The molecule has 0 bridgehead atoms. The average molecular weight is 336 g/mol. The highest BCUT2D eigenvalue weighted by molar-refractivity contribution is 6.13. The number of rotatable bonds is 2. The minimum atomic E-state index is -1.80. The highest BCUT2D eigenvalue weighted by atomic mass is 16.5. The maximum atomic E-state index is 13.4. The van der Waals surface area contributed by atoms with Gasteiger partial charge in [0.2, 0.25) is 5.78 Å². The third-order valence-electron chi connectivity index (χ3n) is 4.79. The minimum absolute atomic E-state index is 0.385. The third-order valence-corrected chi connectivity index (χ3v) is 4.79. The van der Waals surface area contributed by atoms with Crippen molar-refractivity contribution < 1.29 is 23.9 Å². The SMILES string of the molecule is COc1cccc2c1-c1c(c(C)o[n+]1C)C(O)(c1ccccc1)C2=O. The van der Waals surface area contributed by atoms with Gasteiger partial charge < -0.3 is 9.84 Å². The van der Waals surface area contributed by atoms with Gasteiger partial charge in [0.05, 0.1) is 7.11 Å². The van der Waals surface area contributed by atoms with Crippen molar-refractivity contribution in [3.05, 3.63) is 71.0 Å². The van der Waals surface area contributed by atoms with E-state index in [-0.39, 0.29) is 5.78 Å². The molecule has 4 rings (SSSR count). The Kier molecular flexibility index (Phi) is 3.30. The molecule has 1 aromatic heterocycles. The second-order valence-electron chi connectivity index (χ2n) is 6.16. The maximum absolute atomic E-state index is 13.4. The van der Waals surface area contributed by atoms with E-state index in [1.807, 2.05) is 6.07 Å². The summed E-state index contributed by atoms with van der Waals surface area (Å²) in [7, 11) is 3.31. The molecular formula is C20H18NO4+. The molecule has 0 saturated carbocycles. The van der Waals surface area contributed by atoms with Crippen molar-refractivity contribution in [1.82, 2.24) is 0 Å². The average Bonchev–Trinajstić information content (AvgIpc) is 2.94. The van der Waals surface area contributed by atoms with Gasteiger partial charge in [-0.15, -0.1) is 0 Å². The Balaban J connectivity index is 2.15. The van der Waals surface area contributed by atoms with Crippen molar-refractivity contribution in [3.63, 3.8) is 0 Å². The molecule has 2 aromatic carbocycles. The van der Waals surface area contributed by atoms with Crippen molar-refractivity contribution in [2.75, 3.05) is 7.11 Å². The molecule has 0 spiro atoms. The van der Waals surface area contributed by atoms with Crippen LogP contribution in [0.3, 0.4) is 0 Å². The van der Waals surface area contributed by atoms with Gasteiger partial charge in [0, 0.05) is 12.5 Å². The second-order valence-corrected chi connectivity index (χ2v) is 6.16. The van der Waals surface area contributed by atoms with Gasteiger partial charge in [-0.05, 0) is 16.4 Å². The lowest BCUT2D eigenvalue weighted by molar-refractivity contribution is -0.837. The van der Waals surface area contributed by atoms with Gasteiger partial charge in [0.1, 0.15) is 16.9 Å². The second kappa shape index (κ2) is 5.29. The topological polar surface area (TPSA) is 63.6 Å². The number of carbonyl (C=O) groups excluding carboxylic acids is 1. The number of aromatic nitrogens is 1. The van der Waals surface area contributed by atoms with Crippen molar-refractivity contribution in [2.24, 2.45) is 7.05 Å². The van der Waals surface area contributed by atoms with Gasteiger partial charge in [-0.3, -0.25) is 4.79 Å². The largest absolute Gasteiger partial charge is 0.496 e. The van der Waals surface area contributed by atoms with E-state index in [0.29, 0.717) is 39.5 Å². The van der Waals surface area contributed by atoms with Crippen LogP contribution in [0.15, 0.2) is 53.1 Å². The number of carbonyl (C=O) groups is 1. The molecule has 3 aromatic rings. The quantitative estimate of drug-likeness (QED) is 0.731. The van der Waals surface area contributed by atoms with Crippen LogP contribution < -0.4 is 9.48 Å². The highest BCUT2D eigenvalue weighted by Gasteiger charge is 2.54. The zero-order chi connectivity index (χ0) is 17.8. The molecule has 1 heterocycles. The number of aliphatic hydroxyl groups is 1. The van der Waals surface area contributed by atoms with Crippen LogP contribution in [0.2, 0.25) is 0 Å². The first-order chi connectivity index (χ1) is 12.0. The number of fused-ring (bicyclic) bond motifs is 3. The van der Waals surface area contributed by atoms with Gasteiger partial charge in [-0.1, -0.05) is 42.5 Å². The first-order valence-corrected chi connectivity index (χ1v) is 8.00. The number of benzene rings is 2. The molecule has 1 atom stereocenters. The lowest BCUT2D eigenvalue weighted by Crippen LogP contribution is -2.43. The molecule has 0 amide bonds. The third kappa shape index (κ3) is 1.93. The molecule has 5 nitrogen and oxygen atoms in total. The van der Waals surface area contributed by atoms with E-state index in [9.17, 15) is 9.90 Å². The molecule has 0 fully saturated rings. The van der Waals surface area contributed by atoms with E-state index in [1.165, 1.54) is 0 Å². The predicted molar refractivity (Wildman–Crippen MR) is 90.4 cm³/mol. The summed E-state index contributed by atoms with van der Waals surface area (Å²) in [6, 6.07) is 14.2. The minimum Gasteiger partial charge on any atom is -0.496 e. The zero-order valence-electron chi connectivity index (χ0n) is 14.2. The molecule has 1 aliphatic rings. The van der Waals surface area contributed by atoms with Crippen molar-refractivity contribution in [2.45, 2.75) is 12.5 Å². The van der Waals surface area contributed by atoms with Crippen LogP contribution in [0.4, 0.5) is 0 Å². The molecule has 0 aliphatic heterocycles. The molecule has 1 N–H and O–H groups in total. The fraction of sp³-hybridized carbons (Fsp3) is 0.200. The van der Waals surface area contributed by atoms with Crippen molar-refractivity contribution in [3.8, 4) is 17.0 Å². The Morgan fingerprint density at radius 2 is 1.84 bits per heavy atom. The normalized spacial score (nSPS) is 18.6. The van der Waals surface area contributed by atoms with Crippen LogP contribution in [0.25, 0.3) is 11.3 Å². The molecule has 1 unspecified atom stereocenters.